The summed E-state index contributed by atoms with van der Waals surface area (Å²) < 4.78 is 5.38. The van der Waals surface area contributed by atoms with Crippen molar-refractivity contribution in [1.29, 1.82) is 0 Å². The van der Waals surface area contributed by atoms with Crippen molar-refractivity contribution in [3.8, 4) is 0 Å². The molecule has 146 valence electrons. The lowest BCUT2D eigenvalue weighted by molar-refractivity contribution is -0.126. The van der Waals surface area contributed by atoms with Gasteiger partial charge in [0.25, 0.3) is 0 Å². The zero-order valence-corrected chi connectivity index (χ0v) is 17.0. The SMILES string of the molecule is CC(C)[C@@H](CC(C)(C)C)NC(=O)C1CC(O)CN1C(=O)OC(C)(C)C. The molecule has 0 radical (unpaired) electrons. The van der Waals surface area contributed by atoms with Crippen LogP contribution in [0.5, 0.6) is 0 Å². The fraction of sp³-hybridized carbons (Fsp3) is 0.895. The summed E-state index contributed by atoms with van der Waals surface area (Å²) >= 11 is 0. The van der Waals surface area contributed by atoms with Gasteiger partial charge in [0.05, 0.1) is 12.6 Å². The number of amides is 2. The molecule has 1 rings (SSSR count). The highest BCUT2D eigenvalue weighted by Gasteiger charge is 2.41. The van der Waals surface area contributed by atoms with Gasteiger partial charge >= 0.3 is 6.09 Å². The fourth-order valence-corrected chi connectivity index (χ4v) is 2.98. The van der Waals surface area contributed by atoms with Crippen LogP contribution >= 0.6 is 0 Å². The number of nitrogens with one attached hydrogen (secondary N) is 1. The Labute approximate surface area is 152 Å². The van der Waals surface area contributed by atoms with Gasteiger partial charge in [-0.15, -0.1) is 0 Å². The van der Waals surface area contributed by atoms with Crippen LogP contribution in [0.1, 0.15) is 68.2 Å². The average Bonchev–Trinajstić information content (AvgIpc) is 2.76. The van der Waals surface area contributed by atoms with E-state index in [9.17, 15) is 14.7 Å². The number of carbonyl (C=O) groups is 2. The van der Waals surface area contributed by atoms with Crippen molar-refractivity contribution in [3.63, 3.8) is 0 Å². The van der Waals surface area contributed by atoms with Crippen molar-refractivity contribution in [2.24, 2.45) is 11.3 Å². The molecule has 0 spiro atoms. The molecule has 0 aromatic rings. The fourth-order valence-electron chi connectivity index (χ4n) is 2.98. The van der Waals surface area contributed by atoms with E-state index >= 15 is 0 Å². The summed E-state index contributed by atoms with van der Waals surface area (Å²) in [5.74, 6) is 0.0647. The summed E-state index contributed by atoms with van der Waals surface area (Å²) in [5, 5.41) is 13.1. The molecule has 0 aliphatic carbocycles. The maximum absolute atomic E-state index is 12.8. The first-order valence-corrected chi connectivity index (χ1v) is 9.17. The Bertz CT molecular complexity index is 477. The predicted octanol–water partition coefficient (Wildman–Crippen LogP) is 2.93. The minimum absolute atomic E-state index is 0.0192. The molecule has 0 saturated carbocycles. The van der Waals surface area contributed by atoms with E-state index in [1.54, 1.807) is 20.8 Å². The molecule has 1 fully saturated rings. The Morgan fingerprint density at radius 2 is 1.76 bits per heavy atom. The number of nitrogens with zero attached hydrogens (tertiary/aromatic N) is 1. The van der Waals surface area contributed by atoms with Crippen LogP contribution in [0, 0.1) is 11.3 Å². The van der Waals surface area contributed by atoms with Gasteiger partial charge in [0.1, 0.15) is 11.6 Å². The number of rotatable bonds is 4. The summed E-state index contributed by atoms with van der Waals surface area (Å²) in [6, 6.07) is -0.670. The molecule has 6 heteroatoms. The molecule has 0 bridgehead atoms. The molecule has 6 nitrogen and oxygen atoms in total. The number of hydrogen-bond donors (Lipinski definition) is 2. The molecule has 25 heavy (non-hydrogen) atoms. The van der Waals surface area contributed by atoms with Gasteiger partial charge in [0.15, 0.2) is 0 Å². The lowest BCUT2D eigenvalue weighted by Gasteiger charge is -2.32. The zero-order valence-electron chi connectivity index (χ0n) is 17.0. The molecule has 0 aromatic heterocycles. The first-order valence-electron chi connectivity index (χ1n) is 9.17. The van der Waals surface area contributed by atoms with Crippen LogP contribution < -0.4 is 5.32 Å². The summed E-state index contributed by atoms with van der Waals surface area (Å²) in [5.41, 5.74) is -0.555. The van der Waals surface area contributed by atoms with E-state index in [1.165, 1.54) is 4.90 Å². The van der Waals surface area contributed by atoms with E-state index in [-0.39, 0.29) is 36.2 Å². The van der Waals surface area contributed by atoms with Crippen molar-refractivity contribution in [3.05, 3.63) is 0 Å². The summed E-state index contributed by atoms with van der Waals surface area (Å²) in [7, 11) is 0. The quantitative estimate of drug-likeness (QED) is 0.812. The van der Waals surface area contributed by atoms with Crippen LogP contribution in [-0.4, -0.2) is 52.3 Å². The van der Waals surface area contributed by atoms with Crippen molar-refractivity contribution in [2.75, 3.05) is 6.54 Å². The minimum Gasteiger partial charge on any atom is -0.444 e. The van der Waals surface area contributed by atoms with Gasteiger partial charge in [0.2, 0.25) is 5.91 Å². The second kappa shape index (κ2) is 7.94. The molecule has 2 N–H and O–H groups in total. The molecule has 1 aliphatic rings. The normalized spacial score (nSPS) is 22.9. The van der Waals surface area contributed by atoms with Gasteiger partial charge in [0, 0.05) is 12.5 Å². The molecule has 2 amide bonds. The zero-order chi connectivity index (χ0) is 19.6. The maximum atomic E-state index is 12.8. The number of aliphatic hydroxyl groups is 1. The Hall–Kier alpha value is -1.30. The topological polar surface area (TPSA) is 78.9 Å². The van der Waals surface area contributed by atoms with Crippen LogP contribution in [0.2, 0.25) is 0 Å². The third-order valence-corrected chi connectivity index (χ3v) is 4.17. The van der Waals surface area contributed by atoms with E-state index in [4.69, 9.17) is 4.74 Å². The Morgan fingerprint density at radius 1 is 1.20 bits per heavy atom. The number of carbonyl (C=O) groups excluding carboxylic acids is 2. The molecule has 2 unspecified atom stereocenters. The predicted molar refractivity (Wildman–Crippen MR) is 98.2 cm³/mol. The van der Waals surface area contributed by atoms with Gasteiger partial charge in [-0.3, -0.25) is 9.69 Å². The number of ether oxygens (including phenoxy) is 1. The summed E-state index contributed by atoms with van der Waals surface area (Å²) in [6.07, 6.45) is -0.173. The number of aliphatic hydroxyl groups excluding tert-OH is 1. The number of β-amino-alcohol motifs (C(OH)–C–C–N with tert-alkyl or cyclic N) is 1. The van der Waals surface area contributed by atoms with Crippen molar-refractivity contribution >= 4 is 12.0 Å². The van der Waals surface area contributed by atoms with E-state index in [0.29, 0.717) is 0 Å². The summed E-state index contributed by atoms with van der Waals surface area (Å²) in [6.45, 7) is 16.0. The van der Waals surface area contributed by atoms with Gasteiger partial charge in [-0.05, 0) is 38.5 Å². The first-order chi connectivity index (χ1) is 11.2. The summed E-state index contributed by atoms with van der Waals surface area (Å²) in [4.78, 5) is 26.5. The van der Waals surface area contributed by atoms with Crippen LogP contribution in [0.4, 0.5) is 4.79 Å². The highest BCUT2D eigenvalue weighted by molar-refractivity contribution is 5.86. The van der Waals surface area contributed by atoms with Gasteiger partial charge in [-0.25, -0.2) is 4.79 Å². The van der Waals surface area contributed by atoms with Crippen LogP contribution in [0.25, 0.3) is 0 Å². The minimum atomic E-state index is -0.705. The Balaban J connectivity index is 2.84. The van der Waals surface area contributed by atoms with Gasteiger partial charge in [-0.2, -0.15) is 0 Å². The highest BCUT2D eigenvalue weighted by Crippen LogP contribution is 2.26. The molecule has 3 atom stereocenters. The Morgan fingerprint density at radius 3 is 2.20 bits per heavy atom. The van der Waals surface area contributed by atoms with E-state index < -0.39 is 23.8 Å². The maximum Gasteiger partial charge on any atom is 0.411 e. The molecule has 1 aliphatic heterocycles. The second-order valence-corrected chi connectivity index (χ2v) is 9.66. The molecular weight excluding hydrogens is 320 g/mol. The van der Waals surface area contributed by atoms with Crippen LogP contribution in [-0.2, 0) is 9.53 Å². The van der Waals surface area contributed by atoms with Crippen LogP contribution in [0.3, 0.4) is 0 Å². The number of hydrogen-bond acceptors (Lipinski definition) is 4. The van der Waals surface area contributed by atoms with E-state index in [1.807, 2.05) is 0 Å². The second-order valence-electron chi connectivity index (χ2n) is 9.66. The molecule has 1 saturated heterocycles. The molecular formula is C19H36N2O4. The monoisotopic (exact) mass is 356 g/mol. The van der Waals surface area contributed by atoms with E-state index in [0.717, 1.165) is 6.42 Å². The Kier molecular flexibility index (Phi) is 6.90. The molecule has 0 aromatic carbocycles. The lowest BCUT2D eigenvalue weighted by atomic mass is 9.84. The molecule has 1 heterocycles. The lowest BCUT2D eigenvalue weighted by Crippen LogP contribution is -2.51. The highest BCUT2D eigenvalue weighted by atomic mass is 16.6. The van der Waals surface area contributed by atoms with Crippen LogP contribution in [0.15, 0.2) is 0 Å². The third kappa shape index (κ3) is 7.22. The van der Waals surface area contributed by atoms with Crippen molar-refractivity contribution in [1.82, 2.24) is 10.2 Å². The van der Waals surface area contributed by atoms with Crippen molar-refractivity contribution in [2.45, 2.75) is 92.0 Å². The first kappa shape index (κ1) is 21.7. The van der Waals surface area contributed by atoms with E-state index in [2.05, 4.69) is 39.9 Å². The van der Waals surface area contributed by atoms with Gasteiger partial charge in [-0.1, -0.05) is 34.6 Å². The standard InChI is InChI=1S/C19H36N2O4/c1-12(2)14(10-18(3,4)5)20-16(23)15-9-13(22)11-21(15)17(24)25-19(6,7)8/h12-15,22H,9-11H2,1-8H3,(H,20,23)/t13?,14-,15?/m1/s1. The van der Waals surface area contributed by atoms with Crippen molar-refractivity contribution < 1.29 is 19.4 Å². The third-order valence-electron chi connectivity index (χ3n) is 4.17. The number of likely N-dealkylation sites (tertiary alicyclic amines) is 1. The smallest absolute Gasteiger partial charge is 0.411 e. The largest absolute Gasteiger partial charge is 0.444 e. The average molecular weight is 357 g/mol. The van der Waals surface area contributed by atoms with Gasteiger partial charge < -0.3 is 15.2 Å².